The molecule has 0 heterocycles. The molecular weight excluding hydrogens is 115 g/mol. The van der Waals surface area contributed by atoms with E-state index in [4.69, 9.17) is 23.7 Å². The molecule has 4 heteroatoms. The molecule has 0 aliphatic heterocycles. The third kappa shape index (κ3) is 4190. The summed E-state index contributed by atoms with van der Waals surface area (Å²) in [5.74, 6) is 0. The third-order valence-electron chi connectivity index (χ3n) is 0. The van der Waals surface area contributed by atoms with E-state index in [1.807, 2.05) is 0 Å². The smallest absolute Gasteiger partial charge is 0.512 e. The molecule has 0 amide bonds. The summed E-state index contributed by atoms with van der Waals surface area (Å²) in [6.45, 7) is 9.50. The third-order valence-corrected chi connectivity index (χ3v) is 0. The van der Waals surface area contributed by atoms with Crippen LogP contribution in [0, 0.1) is 23.7 Å². The quantitative estimate of drug-likeness (QED) is 0.324. The molecule has 0 aromatic carbocycles. The minimum absolute atomic E-state index is 0. The summed E-state index contributed by atoms with van der Waals surface area (Å²) in [6, 6.07) is 0. The Morgan fingerprint density at radius 1 is 0.833 bits per heavy atom. The van der Waals surface area contributed by atoms with Crippen molar-refractivity contribution in [1.29, 1.82) is 10.5 Å². The van der Waals surface area contributed by atoms with E-state index in [1.165, 1.54) is 0 Å². The Morgan fingerprint density at radius 3 is 0.833 bits per heavy atom. The molecule has 0 spiro atoms. The van der Waals surface area contributed by atoms with E-state index in [9.17, 15) is 0 Å². The first-order valence-corrected chi connectivity index (χ1v) is 0.447. The van der Waals surface area contributed by atoms with Crippen molar-refractivity contribution in [2.24, 2.45) is 0 Å². The maximum atomic E-state index is 6.25. The second-order valence-corrected chi connectivity index (χ2v) is 0. The van der Waals surface area contributed by atoms with Gasteiger partial charge in [0.2, 0.25) is 0 Å². The fourth-order valence-electron chi connectivity index (χ4n) is 0. The normalized spacial score (nSPS) is 0.667. The van der Waals surface area contributed by atoms with Crippen LogP contribution in [0.4, 0.5) is 0 Å². The zero-order valence-electron chi connectivity index (χ0n) is 3.25. The van der Waals surface area contributed by atoms with Gasteiger partial charge in [-0.2, -0.15) is 0 Å². The Balaban J connectivity index is -0.00000000500. The number of hydrogen-bond donors (Lipinski definition) is 0. The van der Waals surface area contributed by atoms with E-state index in [0.29, 0.717) is 0 Å². The Kier molecular flexibility index (Phi) is 54700. The van der Waals surface area contributed by atoms with E-state index in [2.05, 4.69) is 0 Å². The molecule has 0 saturated heterocycles. The van der Waals surface area contributed by atoms with Gasteiger partial charge in [-0.1, -0.05) is 0 Å². The van der Waals surface area contributed by atoms with E-state index < -0.39 is 0 Å². The van der Waals surface area contributed by atoms with Crippen LogP contribution >= 0.6 is 0 Å². The molecule has 0 bridgehead atoms. The van der Waals surface area contributed by atoms with Gasteiger partial charge in [0.1, 0.15) is 0 Å². The average Bonchev–Trinajstić information content (AvgIpc) is 1.50. The molecule has 0 saturated carbocycles. The van der Waals surface area contributed by atoms with Gasteiger partial charge in [-0.25, -0.2) is 0 Å². The van der Waals surface area contributed by atoms with Gasteiger partial charge in [0.15, 0.2) is 0 Å². The van der Waals surface area contributed by atoms with Gasteiger partial charge < -0.3 is 23.7 Å². The van der Waals surface area contributed by atoms with Crippen LogP contribution in [0.2, 0.25) is 0 Å². The summed E-state index contributed by atoms with van der Waals surface area (Å²) in [5.41, 5.74) is 0. The maximum Gasteiger partial charge on any atom is 2.00 e. The van der Waals surface area contributed by atoms with Crippen LogP contribution in [0.15, 0.2) is 0 Å². The fourth-order valence-corrected chi connectivity index (χ4v) is 0. The Hall–Kier alpha value is 0.0969. The summed E-state index contributed by atoms with van der Waals surface area (Å²) < 4.78 is 0. The predicted molar refractivity (Wildman–Crippen MR) is 15.7 cm³/mol. The monoisotopic (exact) mass is 115 g/mol. The molecule has 0 unspecified atom stereocenters. The predicted octanol–water partition coefficient (Wildman–Crippen LogP) is -0.191. The van der Waals surface area contributed by atoms with Crippen molar-refractivity contribution in [3.8, 4) is 0 Å². The van der Waals surface area contributed by atoms with Crippen LogP contribution in [-0.2, 0) is 17.1 Å². The van der Waals surface area contributed by atoms with Gasteiger partial charge in [-0.05, 0) is 0 Å². The van der Waals surface area contributed by atoms with Crippen molar-refractivity contribution in [1.82, 2.24) is 0 Å². The topological polar surface area (TPSA) is 47.6 Å². The second kappa shape index (κ2) is 9110. The minimum atomic E-state index is 0. The van der Waals surface area contributed by atoms with Crippen molar-refractivity contribution >= 4 is 18.9 Å². The second-order valence-electron chi connectivity index (χ2n) is 0. The molecule has 0 aliphatic rings. The molecule has 27 valence electrons. The summed E-state index contributed by atoms with van der Waals surface area (Å²) in [6.07, 6.45) is 0. The molecule has 0 atom stereocenters. The van der Waals surface area contributed by atoms with Gasteiger partial charge >= 0.3 is 17.1 Å². The van der Waals surface area contributed by atoms with Crippen LogP contribution in [0.5, 0.6) is 0 Å². The van der Waals surface area contributed by atoms with Crippen LogP contribution in [-0.4, -0.2) is 18.9 Å². The van der Waals surface area contributed by atoms with E-state index in [-0.39, 0.29) is 35.9 Å². The van der Waals surface area contributed by atoms with Crippen LogP contribution in [0.1, 0.15) is 0 Å². The van der Waals surface area contributed by atoms with Gasteiger partial charge in [-0.3, -0.25) is 0 Å². The number of hydrogen-bond acceptors (Lipinski definition) is 2. The first kappa shape index (κ1) is 36.0. The Bertz CT molecular complexity index is 27.0. The molecule has 2 nitrogen and oxygen atoms in total. The summed E-state index contributed by atoms with van der Waals surface area (Å²) in [7, 11) is 0. The molecule has 0 aromatic rings. The first-order valence-electron chi connectivity index (χ1n) is 0.447. The Labute approximate surface area is 59.8 Å². The SMILES string of the molecule is [C-]#N.[C-]#N.[Fe+2].[Li]. The van der Waals surface area contributed by atoms with Crippen LogP contribution in [0.3, 0.4) is 0 Å². The molecule has 6 heavy (non-hydrogen) atoms. The molecule has 0 fully saturated rings. The van der Waals surface area contributed by atoms with Crippen molar-refractivity contribution in [3.63, 3.8) is 0 Å². The number of nitrogens with zero attached hydrogens (tertiary/aromatic N) is 2. The van der Waals surface area contributed by atoms with Gasteiger partial charge in [0.25, 0.3) is 0 Å². The maximum absolute atomic E-state index is 6.25. The van der Waals surface area contributed by atoms with E-state index in [1.54, 1.807) is 0 Å². The van der Waals surface area contributed by atoms with E-state index in [0.717, 1.165) is 0 Å². The largest absolute Gasteiger partial charge is 2.00 e. The average molecular weight is 115 g/mol. The Morgan fingerprint density at radius 2 is 0.833 bits per heavy atom. The minimum Gasteiger partial charge on any atom is -0.512 e. The van der Waals surface area contributed by atoms with Crippen molar-refractivity contribution in [3.05, 3.63) is 13.1 Å². The first-order chi connectivity index (χ1) is 2.00. The molecule has 0 aromatic heterocycles. The van der Waals surface area contributed by atoms with Gasteiger partial charge in [-0.15, -0.1) is 0 Å². The van der Waals surface area contributed by atoms with Crippen LogP contribution < -0.4 is 0 Å². The number of rotatable bonds is 0. The summed E-state index contributed by atoms with van der Waals surface area (Å²) in [5, 5.41) is 12.5. The molecule has 0 rings (SSSR count). The van der Waals surface area contributed by atoms with Crippen LogP contribution in [0.25, 0.3) is 0 Å². The fraction of sp³-hybridized carbons (Fsp3) is 0. The summed E-state index contributed by atoms with van der Waals surface area (Å²) in [4.78, 5) is 0. The molecule has 0 aliphatic carbocycles. The van der Waals surface area contributed by atoms with Crippen molar-refractivity contribution in [2.45, 2.75) is 0 Å². The molecule has 1 radical (unpaired) electrons. The van der Waals surface area contributed by atoms with E-state index >= 15 is 0 Å². The zero-order chi connectivity index (χ0) is 4.00. The standard InChI is InChI=1S/2CN.Fe.Li/c2*1-2;;/q2*-1;+2;. The molecule has 0 N–H and O–H groups in total. The van der Waals surface area contributed by atoms with Crippen molar-refractivity contribution < 1.29 is 17.1 Å². The zero-order valence-corrected chi connectivity index (χ0v) is 4.35. The van der Waals surface area contributed by atoms with Crippen molar-refractivity contribution in [2.75, 3.05) is 0 Å². The summed E-state index contributed by atoms with van der Waals surface area (Å²) >= 11 is 0. The molecular formula is C2FeLiN2. The van der Waals surface area contributed by atoms with Gasteiger partial charge in [0.05, 0.1) is 0 Å². The van der Waals surface area contributed by atoms with Gasteiger partial charge in [0, 0.05) is 18.9 Å².